The van der Waals surface area contributed by atoms with E-state index < -0.39 is 0 Å². The van der Waals surface area contributed by atoms with Crippen molar-refractivity contribution in [3.63, 3.8) is 0 Å². The van der Waals surface area contributed by atoms with Crippen LogP contribution in [-0.2, 0) is 0 Å². The Hall–Kier alpha value is -2.68. The van der Waals surface area contributed by atoms with Crippen molar-refractivity contribution in [2.45, 2.75) is 0 Å². The van der Waals surface area contributed by atoms with E-state index in [0.717, 1.165) is 0 Å². The third-order valence-corrected chi connectivity index (χ3v) is 2.56. The first-order valence-electron chi connectivity index (χ1n) is 4.56. The number of nitrogens with one attached hydrogen (secondary N) is 2. The van der Waals surface area contributed by atoms with Gasteiger partial charge in [0.1, 0.15) is 17.4 Å². The second-order valence-electron chi connectivity index (χ2n) is 3.43. The second-order valence-corrected chi connectivity index (χ2v) is 3.43. The van der Waals surface area contributed by atoms with E-state index in [9.17, 15) is 0 Å². The van der Waals surface area contributed by atoms with Gasteiger partial charge in [0.2, 0.25) is 0 Å². The molecule has 0 amide bonds. The highest BCUT2D eigenvalue weighted by atomic mass is 14.9. The number of hydrogen-bond donors (Lipinski definition) is 3. The molecule has 6 nitrogen and oxygen atoms in total. The number of nitrogen functional groups attached to an aromatic ring is 1. The minimum atomic E-state index is 0.139. The highest BCUT2D eigenvalue weighted by molar-refractivity contribution is 6.22. The molecule has 4 N–H and O–H groups in total. The maximum absolute atomic E-state index is 8.89. The number of rotatable bonds is 0. The summed E-state index contributed by atoms with van der Waals surface area (Å²) in [7, 11) is 0. The number of nitrogens with two attached hydrogens (primary N) is 1. The van der Waals surface area contributed by atoms with E-state index in [-0.39, 0.29) is 5.84 Å². The lowest BCUT2D eigenvalue weighted by molar-refractivity contribution is 1.38. The third-order valence-electron chi connectivity index (χ3n) is 2.56. The van der Waals surface area contributed by atoms with Crippen molar-refractivity contribution in [3.05, 3.63) is 22.9 Å². The summed E-state index contributed by atoms with van der Waals surface area (Å²) in [6.07, 6.45) is 3.08. The first-order chi connectivity index (χ1) is 7.72. The van der Waals surface area contributed by atoms with Gasteiger partial charge in [-0.3, -0.25) is 5.41 Å². The molecule has 1 aliphatic rings. The lowest BCUT2D eigenvalue weighted by Gasteiger charge is -2.02. The van der Waals surface area contributed by atoms with E-state index >= 15 is 0 Å². The van der Waals surface area contributed by atoms with Crippen LogP contribution >= 0.6 is 0 Å². The number of hydrogen-bond acceptors (Lipinski definition) is 4. The van der Waals surface area contributed by atoms with Gasteiger partial charge in [-0.1, -0.05) is 0 Å². The lowest BCUT2D eigenvalue weighted by atomic mass is 10.1. The molecule has 76 valence electrons. The molecule has 0 unspecified atom stereocenters. The molecule has 0 aromatic carbocycles. The van der Waals surface area contributed by atoms with Gasteiger partial charge in [-0.05, 0) is 0 Å². The van der Waals surface area contributed by atoms with Crippen LogP contribution in [0.3, 0.4) is 0 Å². The molecule has 0 aliphatic carbocycles. The highest BCUT2D eigenvalue weighted by Gasteiger charge is 2.22. The van der Waals surface area contributed by atoms with Gasteiger partial charge in [0, 0.05) is 18.0 Å². The molecule has 3 heterocycles. The van der Waals surface area contributed by atoms with Gasteiger partial charge in [0.05, 0.1) is 16.6 Å². The summed E-state index contributed by atoms with van der Waals surface area (Å²) in [5.74, 6) is 0.435. The Balaban J connectivity index is 2.52. The molecule has 0 atom stereocenters. The van der Waals surface area contributed by atoms with Crippen LogP contribution in [0.15, 0.2) is 11.2 Å². The van der Waals surface area contributed by atoms with Crippen LogP contribution in [-0.4, -0.2) is 22.0 Å². The zero-order valence-corrected chi connectivity index (χ0v) is 8.07. The summed E-state index contributed by atoms with van der Waals surface area (Å²) in [4.78, 5) is 11.0. The highest BCUT2D eigenvalue weighted by Crippen LogP contribution is 2.28. The maximum atomic E-state index is 8.89. The van der Waals surface area contributed by atoms with Crippen LogP contribution in [0.1, 0.15) is 16.7 Å². The molecule has 0 saturated carbocycles. The minimum absolute atomic E-state index is 0.139. The Kier molecular flexibility index (Phi) is 1.44. The molecule has 0 bridgehead atoms. The zero-order chi connectivity index (χ0) is 11.3. The Morgan fingerprint density at radius 3 is 3.06 bits per heavy atom. The van der Waals surface area contributed by atoms with Gasteiger partial charge in [-0.25, -0.2) is 9.98 Å². The summed E-state index contributed by atoms with van der Waals surface area (Å²) >= 11 is 0. The largest absolute Gasteiger partial charge is 0.383 e. The smallest absolute Gasteiger partial charge is 0.154 e. The number of nitriles is 1. The van der Waals surface area contributed by atoms with E-state index in [1.54, 1.807) is 6.20 Å². The van der Waals surface area contributed by atoms with Crippen molar-refractivity contribution >= 4 is 28.9 Å². The number of fused-ring (bicyclic) bond motifs is 3. The van der Waals surface area contributed by atoms with Gasteiger partial charge < -0.3 is 10.7 Å². The number of aromatic nitrogens is 2. The van der Waals surface area contributed by atoms with Gasteiger partial charge in [0.25, 0.3) is 0 Å². The lowest BCUT2D eigenvalue weighted by Crippen LogP contribution is -2.02. The van der Waals surface area contributed by atoms with Crippen LogP contribution < -0.4 is 5.73 Å². The molecular weight excluding hydrogens is 204 g/mol. The maximum Gasteiger partial charge on any atom is 0.154 e. The average Bonchev–Trinajstić information content (AvgIpc) is 2.82. The number of H-pyrrole nitrogens is 1. The Morgan fingerprint density at radius 1 is 1.50 bits per heavy atom. The predicted octanol–water partition coefficient (Wildman–Crippen LogP) is 0.775. The van der Waals surface area contributed by atoms with E-state index in [0.29, 0.717) is 33.5 Å². The summed E-state index contributed by atoms with van der Waals surface area (Å²) < 4.78 is 0. The van der Waals surface area contributed by atoms with Crippen molar-refractivity contribution in [1.82, 2.24) is 9.97 Å². The molecule has 0 radical (unpaired) electrons. The summed E-state index contributed by atoms with van der Waals surface area (Å²) in [5, 5.41) is 16.6. The summed E-state index contributed by atoms with van der Waals surface area (Å²) in [6, 6.07) is 2.02. The molecule has 0 fully saturated rings. The second kappa shape index (κ2) is 2.67. The van der Waals surface area contributed by atoms with Crippen molar-refractivity contribution in [3.8, 4) is 6.07 Å². The van der Waals surface area contributed by atoms with Crippen molar-refractivity contribution in [1.29, 1.82) is 10.7 Å². The predicted molar refractivity (Wildman–Crippen MR) is 59.6 cm³/mol. The Bertz CT molecular complexity index is 700. The fourth-order valence-electron chi connectivity index (χ4n) is 1.82. The van der Waals surface area contributed by atoms with Crippen LogP contribution in [0.2, 0.25) is 0 Å². The number of aromatic amines is 1. The zero-order valence-electron chi connectivity index (χ0n) is 8.07. The topological polar surface area (TPSA) is 115 Å². The number of aliphatic imine (C=N–C) groups is 1. The van der Waals surface area contributed by atoms with Gasteiger partial charge in [-0.15, -0.1) is 0 Å². The summed E-state index contributed by atoms with van der Waals surface area (Å²) in [6.45, 7) is 0. The van der Waals surface area contributed by atoms with Gasteiger partial charge >= 0.3 is 0 Å². The molecule has 2 aromatic heterocycles. The first-order valence-corrected chi connectivity index (χ1v) is 4.56. The molecule has 2 aromatic rings. The Labute approximate surface area is 89.9 Å². The van der Waals surface area contributed by atoms with Crippen LogP contribution in [0.25, 0.3) is 11.0 Å². The fourth-order valence-corrected chi connectivity index (χ4v) is 1.82. The number of nitrogens with zero attached hydrogens (tertiary/aromatic N) is 3. The molecule has 1 aliphatic heterocycles. The van der Waals surface area contributed by atoms with Crippen molar-refractivity contribution < 1.29 is 0 Å². The van der Waals surface area contributed by atoms with Gasteiger partial charge in [-0.2, -0.15) is 5.26 Å². The molecule has 16 heavy (non-hydrogen) atoms. The van der Waals surface area contributed by atoms with Crippen molar-refractivity contribution in [2.24, 2.45) is 4.99 Å². The van der Waals surface area contributed by atoms with E-state index in [2.05, 4.69) is 15.0 Å². The molecular formula is C10H6N6. The van der Waals surface area contributed by atoms with E-state index in [1.807, 2.05) is 6.07 Å². The first kappa shape index (κ1) is 8.61. The average molecular weight is 210 g/mol. The molecule has 6 heteroatoms. The van der Waals surface area contributed by atoms with Gasteiger partial charge in [0.15, 0.2) is 5.84 Å². The molecule has 0 saturated heterocycles. The summed E-state index contributed by atoms with van der Waals surface area (Å²) in [5.41, 5.74) is 8.57. The SMILES string of the molecule is N#Cc1c[nH]c2c3c(c(N)nc12)C=NC3=N. The fraction of sp³-hybridized carbons (Fsp3) is 0. The van der Waals surface area contributed by atoms with Crippen molar-refractivity contribution in [2.75, 3.05) is 5.73 Å². The van der Waals surface area contributed by atoms with Crippen LogP contribution in [0.4, 0.5) is 5.82 Å². The van der Waals surface area contributed by atoms with Crippen LogP contribution in [0, 0.1) is 16.7 Å². The number of amidine groups is 1. The molecule has 0 spiro atoms. The monoisotopic (exact) mass is 210 g/mol. The minimum Gasteiger partial charge on any atom is -0.383 e. The van der Waals surface area contributed by atoms with Crippen LogP contribution in [0.5, 0.6) is 0 Å². The number of pyridine rings is 1. The quantitative estimate of drug-likeness (QED) is 0.596. The Morgan fingerprint density at radius 2 is 2.31 bits per heavy atom. The van der Waals surface area contributed by atoms with E-state index in [1.165, 1.54) is 6.21 Å². The standard InChI is InChI=1S/C10H6N6/c11-1-4-2-14-8-6-5(3-15-10(6)13)9(12)16-7(4)8/h2-3,13-14H,(H2,12,16). The number of anilines is 1. The normalized spacial score (nSPS) is 13.1. The molecule has 3 rings (SSSR count). The van der Waals surface area contributed by atoms with E-state index in [4.69, 9.17) is 16.4 Å². The third kappa shape index (κ3) is 0.866.